The Bertz CT molecular complexity index is 834. The second-order valence-electron chi connectivity index (χ2n) is 6.11. The van der Waals surface area contributed by atoms with E-state index in [1.165, 1.54) is 22.3 Å². The van der Waals surface area contributed by atoms with Gasteiger partial charge in [0.25, 0.3) is 0 Å². The van der Waals surface area contributed by atoms with Crippen molar-refractivity contribution in [1.29, 1.82) is 0 Å². The van der Waals surface area contributed by atoms with Crippen LogP contribution < -0.4 is 0 Å². The van der Waals surface area contributed by atoms with E-state index < -0.39 is 0 Å². The highest BCUT2D eigenvalue weighted by Gasteiger charge is 2.13. The van der Waals surface area contributed by atoms with Crippen LogP contribution in [-0.4, -0.2) is 21.2 Å². The molecule has 0 spiro atoms. The molecule has 0 saturated carbocycles. The molecule has 1 heterocycles. The number of aryl methyl sites for hydroxylation is 4. The first kappa shape index (κ1) is 16.7. The van der Waals surface area contributed by atoms with E-state index in [1.54, 1.807) is 11.8 Å². The predicted octanol–water partition coefficient (Wildman–Crippen LogP) is 5.16. The van der Waals surface area contributed by atoms with Crippen LogP contribution in [0.1, 0.15) is 22.3 Å². The van der Waals surface area contributed by atoms with Crippen molar-refractivity contribution in [2.75, 3.05) is 6.26 Å². The van der Waals surface area contributed by atoms with Gasteiger partial charge in [0, 0.05) is 11.1 Å². The van der Waals surface area contributed by atoms with Gasteiger partial charge in [0.2, 0.25) is 0 Å². The van der Waals surface area contributed by atoms with Crippen molar-refractivity contribution in [1.82, 2.24) is 15.0 Å². The molecule has 4 heteroatoms. The first-order chi connectivity index (χ1) is 11.5. The lowest BCUT2D eigenvalue weighted by molar-refractivity contribution is 0.920. The third kappa shape index (κ3) is 3.34. The van der Waals surface area contributed by atoms with Gasteiger partial charge in [-0.05, 0) is 45.1 Å². The van der Waals surface area contributed by atoms with E-state index in [0.717, 1.165) is 27.9 Å². The maximum absolute atomic E-state index is 4.77. The van der Waals surface area contributed by atoms with E-state index in [0.29, 0.717) is 0 Å². The third-order valence-corrected chi connectivity index (χ3v) is 4.59. The number of thioether (sulfide) groups is 1. The third-order valence-electron chi connectivity index (χ3n) is 4.04. The molecule has 1 aromatic heterocycles. The van der Waals surface area contributed by atoms with Crippen molar-refractivity contribution in [3.8, 4) is 22.8 Å². The minimum absolute atomic E-state index is 0.738. The number of hydrogen-bond acceptors (Lipinski definition) is 4. The Hall–Kier alpha value is -2.20. The van der Waals surface area contributed by atoms with Crippen LogP contribution in [0.25, 0.3) is 22.8 Å². The van der Waals surface area contributed by atoms with E-state index >= 15 is 0 Å². The molecular weight excluding hydrogens is 314 g/mol. The van der Waals surface area contributed by atoms with Crippen molar-refractivity contribution >= 4 is 11.8 Å². The highest BCUT2D eigenvalue weighted by atomic mass is 32.2. The Morgan fingerprint density at radius 1 is 0.667 bits per heavy atom. The molecule has 0 amide bonds. The van der Waals surface area contributed by atoms with Gasteiger partial charge in [-0.25, -0.2) is 15.0 Å². The van der Waals surface area contributed by atoms with Crippen LogP contribution in [0, 0.1) is 27.7 Å². The van der Waals surface area contributed by atoms with Gasteiger partial charge in [0.1, 0.15) is 0 Å². The van der Waals surface area contributed by atoms with Crippen molar-refractivity contribution in [3.63, 3.8) is 0 Å². The SMILES string of the molecule is CSc1nc(-c2ccc(C)cc2C)nc(-c2ccc(C)cc2C)n1. The van der Waals surface area contributed by atoms with Crippen molar-refractivity contribution < 1.29 is 0 Å². The number of aromatic nitrogens is 3. The average molecular weight is 335 g/mol. The van der Waals surface area contributed by atoms with Gasteiger partial charge < -0.3 is 0 Å². The molecule has 0 N–H and O–H groups in total. The molecule has 0 bridgehead atoms. The van der Waals surface area contributed by atoms with Crippen LogP contribution in [0.2, 0.25) is 0 Å². The van der Waals surface area contributed by atoms with Gasteiger partial charge in [-0.3, -0.25) is 0 Å². The number of hydrogen-bond donors (Lipinski definition) is 0. The van der Waals surface area contributed by atoms with E-state index in [1.807, 2.05) is 6.26 Å². The first-order valence-electron chi connectivity index (χ1n) is 7.93. The number of benzene rings is 2. The Kier molecular flexibility index (Phi) is 4.67. The van der Waals surface area contributed by atoms with Gasteiger partial charge in [0.05, 0.1) is 0 Å². The van der Waals surface area contributed by atoms with Crippen LogP contribution in [0.4, 0.5) is 0 Å². The molecule has 3 nitrogen and oxygen atoms in total. The fraction of sp³-hybridized carbons (Fsp3) is 0.250. The second-order valence-corrected chi connectivity index (χ2v) is 6.88. The fourth-order valence-electron chi connectivity index (χ4n) is 2.82. The summed E-state index contributed by atoms with van der Waals surface area (Å²) in [7, 11) is 0. The van der Waals surface area contributed by atoms with Crippen molar-refractivity contribution in [2.45, 2.75) is 32.9 Å². The lowest BCUT2D eigenvalue weighted by Crippen LogP contribution is -2.01. The summed E-state index contributed by atoms with van der Waals surface area (Å²) in [4.78, 5) is 14.0. The Morgan fingerprint density at radius 3 is 1.50 bits per heavy atom. The van der Waals surface area contributed by atoms with Gasteiger partial charge in [-0.1, -0.05) is 59.3 Å². The monoisotopic (exact) mass is 335 g/mol. The molecule has 0 aliphatic carbocycles. The lowest BCUT2D eigenvalue weighted by Gasteiger charge is -2.10. The zero-order valence-electron chi connectivity index (χ0n) is 14.7. The molecular formula is C20H21N3S. The molecule has 0 aliphatic rings. The van der Waals surface area contributed by atoms with Gasteiger partial charge in [-0.2, -0.15) is 0 Å². The van der Waals surface area contributed by atoms with E-state index in [4.69, 9.17) is 4.98 Å². The van der Waals surface area contributed by atoms with Crippen molar-refractivity contribution in [3.05, 3.63) is 58.7 Å². The summed E-state index contributed by atoms with van der Waals surface area (Å²) >= 11 is 1.54. The molecule has 122 valence electrons. The molecule has 3 rings (SSSR count). The summed E-state index contributed by atoms with van der Waals surface area (Å²) in [6.45, 7) is 8.39. The summed E-state index contributed by atoms with van der Waals surface area (Å²) in [5.74, 6) is 1.48. The summed E-state index contributed by atoms with van der Waals surface area (Å²) < 4.78 is 0. The summed E-state index contributed by atoms with van der Waals surface area (Å²) in [5.41, 5.74) is 6.96. The quantitative estimate of drug-likeness (QED) is 0.620. The van der Waals surface area contributed by atoms with Crippen LogP contribution >= 0.6 is 11.8 Å². The normalized spacial score (nSPS) is 10.9. The summed E-state index contributed by atoms with van der Waals surface area (Å²) in [5, 5.41) is 0.745. The Balaban J connectivity index is 2.18. The second kappa shape index (κ2) is 6.73. The molecule has 0 fully saturated rings. The van der Waals surface area contributed by atoms with Crippen LogP contribution in [0.3, 0.4) is 0 Å². The Morgan fingerprint density at radius 2 is 1.12 bits per heavy atom. The number of rotatable bonds is 3. The highest BCUT2D eigenvalue weighted by Crippen LogP contribution is 2.27. The van der Waals surface area contributed by atoms with Crippen LogP contribution in [0.5, 0.6) is 0 Å². The standard InChI is InChI=1S/C20H21N3S/c1-12-6-8-16(14(3)10-12)18-21-19(23-20(22-18)24-5)17-9-7-13(2)11-15(17)4/h6-11H,1-5H3. The van der Waals surface area contributed by atoms with E-state index in [-0.39, 0.29) is 0 Å². The Labute approximate surface area is 147 Å². The maximum atomic E-state index is 4.77. The predicted molar refractivity (Wildman–Crippen MR) is 101 cm³/mol. The van der Waals surface area contributed by atoms with Gasteiger partial charge in [-0.15, -0.1) is 0 Å². The molecule has 0 atom stereocenters. The van der Waals surface area contributed by atoms with E-state index in [9.17, 15) is 0 Å². The largest absolute Gasteiger partial charge is 0.208 e. The molecule has 0 unspecified atom stereocenters. The smallest absolute Gasteiger partial charge is 0.191 e. The fourth-order valence-corrected chi connectivity index (χ4v) is 3.17. The topological polar surface area (TPSA) is 38.7 Å². The minimum atomic E-state index is 0.738. The zero-order chi connectivity index (χ0) is 17.3. The minimum Gasteiger partial charge on any atom is -0.208 e. The molecule has 0 saturated heterocycles. The van der Waals surface area contributed by atoms with Crippen molar-refractivity contribution in [2.24, 2.45) is 0 Å². The molecule has 24 heavy (non-hydrogen) atoms. The van der Waals surface area contributed by atoms with Crippen LogP contribution in [-0.2, 0) is 0 Å². The summed E-state index contributed by atoms with van der Waals surface area (Å²) in [6.07, 6.45) is 1.99. The lowest BCUT2D eigenvalue weighted by atomic mass is 10.0. The zero-order valence-corrected chi connectivity index (χ0v) is 15.5. The van der Waals surface area contributed by atoms with Crippen LogP contribution in [0.15, 0.2) is 41.6 Å². The molecule has 0 aliphatic heterocycles. The van der Waals surface area contributed by atoms with E-state index in [2.05, 4.69) is 74.1 Å². The first-order valence-corrected chi connectivity index (χ1v) is 9.15. The highest BCUT2D eigenvalue weighted by molar-refractivity contribution is 7.98. The van der Waals surface area contributed by atoms with Gasteiger partial charge >= 0.3 is 0 Å². The molecule has 2 aromatic carbocycles. The summed E-state index contributed by atoms with van der Waals surface area (Å²) in [6, 6.07) is 12.7. The van der Waals surface area contributed by atoms with Gasteiger partial charge in [0.15, 0.2) is 16.8 Å². The number of nitrogens with zero attached hydrogens (tertiary/aromatic N) is 3. The molecule has 3 aromatic rings. The maximum Gasteiger partial charge on any atom is 0.191 e. The average Bonchev–Trinajstić information content (AvgIpc) is 2.54. The molecule has 0 radical (unpaired) electrons.